The Hall–Kier alpha value is -2.41. The number of para-hydroxylation sites is 1. The van der Waals surface area contributed by atoms with Crippen molar-refractivity contribution in [1.82, 2.24) is 4.98 Å². The third kappa shape index (κ3) is 4.29. The summed E-state index contributed by atoms with van der Waals surface area (Å²) in [6.45, 7) is 0. The highest BCUT2D eigenvalue weighted by Crippen LogP contribution is 2.20. The van der Waals surface area contributed by atoms with Gasteiger partial charge in [0.1, 0.15) is 5.75 Å². The lowest BCUT2D eigenvalue weighted by Gasteiger charge is -2.07. The van der Waals surface area contributed by atoms with E-state index in [0.717, 1.165) is 5.56 Å². The van der Waals surface area contributed by atoms with E-state index >= 15 is 0 Å². The number of hydrogen-bond donors (Lipinski definition) is 1. The van der Waals surface area contributed by atoms with Crippen LogP contribution >= 0.6 is 11.3 Å². The average Bonchev–Trinajstić information content (AvgIpc) is 2.94. The molecule has 22 heavy (non-hydrogen) atoms. The fourth-order valence-electron chi connectivity index (χ4n) is 1.85. The summed E-state index contributed by atoms with van der Waals surface area (Å²) in [6.07, 6.45) is 0.283. The molecule has 7 heteroatoms. The zero-order chi connectivity index (χ0) is 15.9. The molecule has 1 amide bonds. The van der Waals surface area contributed by atoms with Crippen LogP contribution in [0.2, 0.25) is 0 Å². The molecule has 1 N–H and O–H groups in total. The topological polar surface area (TPSA) is 77.5 Å². The number of esters is 1. The SMILES string of the molecule is COC(=O)Cc1csc(NC(=O)Cc2ccccc2OC)n1. The molecule has 0 fully saturated rings. The lowest BCUT2D eigenvalue weighted by atomic mass is 10.1. The number of nitrogens with zero attached hydrogens (tertiary/aromatic N) is 1. The summed E-state index contributed by atoms with van der Waals surface area (Å²) in [4.78, 5) is 27.4. The van der Waals surface area contributed by atoms with Crippen LogP contribution in [0, 0.1) is 0 Å². The van der Waals surface area contributed by atoms with Crippen molar-refractivity contribution in [3.05, 3.63) is 40.9 Å². The third-order valence-electron chi connectivity index (χ3n) is 2.89. The van der Waals surface area contributed by atoms with Crippen LogP contribution in [0.4, 0.5) is 5.13 Å². The van der Waals surface area contributed by atoms with Crippen molar-refractivity contribution in [2.45, 2.75) is 12.8 Å². The van der Waals surface area contributed by atoms with E-state index in [4.69, 9.17) is 4.74 Å². The Labute approximate surface area is 132 Å². The van der Waals surface area contributed by atoms with Gasteiger partial charge in [0.15, 0.2) is 5.13 Å². The zero-order valence-electron chi connectivity index (χ0n) is 12.3. The monoisotopic (exact) mass is 320 g/mol. The van der Waals surface area contributed by atoms with E-state index in [1.807, 2.05) is 18.2 Å². The molecule has 0 unspecified atom stereocenters. The number of carbonyl (C=O) groups excluding carboxylic acids is 2. The number of thiazole rings is 1. The van der Waals surface area contributed by atoms with Gasteiger partial charge in [-0.05, 0) is 6.07 Å². The molecule has 1 aromatic carbocycles. The number of anilines is 1. The first-order valence-corrected chi connectivity index (χ1v) is 7.43. The lowest BCUT2D eigenvalue weighted by Crippen LogP contribution is -2.15. The van der Waals surface area contributed by atoms with Crippen LogP contribution in [0.15, 0.2) is 29.6 Å². The number of hydrogen-bond acceptors (Lipinski definition) is 6. The summed E-state index contributed by atoms with van der Waals surface area (Å²) in [5, 5.41) is 4.89. The van der Waals surface area contributed by atoms with Gasteiger partial charge in [0.2, 0.25) is 5.91 Å². The molecule has 0 aliphatic heterocycles. The van der Waals surface area contributed by atoms with E-state index in [0.29, 0.717) is 16.6 Å². The van der Waals surface area contributed by atoms with Crippen molar-refractivity contribution in [3.8, 4) is 5.75 Å². The lowest BCUT2D eigenvalue weighted by molar-refractivity contribution is -0.139. The van der Waals surface area contributed by atoms with Crippen LogP contribution in [-0.4, -0.2) is 31.1 Å². The Morgan fingerprint density at radius 2 is 2.00 bits per heavy atom. The van der Waals surface area contributed by atoms with Gasteiger partial charge in [0.05, 0.1) is 32.8 Å². The largest absolute Gasteiger partial charge is 0.496 e. The van der Waals surface area contributed by atoms with Crippen LogP contribution in [-0.2, 0) is 27.2 Å². The summed E-state index contributed by atoms with van der Waals surface area (Å²) in [5.41, 5.74) is 1.37. The number of rotatable bonds is 6. The molecular formula is C15H16N2O4S. The zero-order valence-corrected chi connectivity index (χ0v) is 13.1. The van der Waals surface area contributed by atoms with Crippen molar-refractivity contribution >= 4 is 28.3 Å². The second-order valence-corrected chi connectivity index (χ2v) is 5.29. The Morgan fingerprint density at radius 1 is 1.23 bits per heavy atom. The summed E-state index contributed by atoms with van der Waals surface area (Å²) < 4.78 is 9.79. The molecule has 116 valence electrons. The average molecular weight is 320 g/mol. The molecule has 0 saturated carbocycles. The molecule has 1 heterocycles. The van der Waals surface area contributed by atoms with E-state index < -0.39 is 0 Å². The first-order chi connectivity index (χ1) is 10.6. The van der Waals surface area contributed by atoms with E-state index in [1.54, 1.807) is 18.6 Å². The van der Waals surface area contributed by atoms with Gasteiger partial charge in [-0.1, -0.05) is 18.2 Å². The minimum atomic E-state index is -0.364. The highest BCUT2D eigenvalue weighted by Gasteiger charge is 2.12. The molecule has 0 bridgehead atoms. The second kappa shape index (κ2) is 7.56. The van der Waals surface area contributed by atoms with Crippen LogP contribution in [0.1, 0.15) is 11.3 Å². The van der Waals surface area contributed by atoms with Crippen molar-refractivity contribution in [3.63, 3.8) is 0 Å². The smallest absolute Gasteiger partial charge is 0.311 e. The van der Waals surface area contributed by atoms with Gasteiger partial charge in [-0.15, -0.1) is 11.3 Å². The molecule has 0 radical (unpaired) electrons. The second-order valence-electron chi connectivity index (χ2n) is 4.43. The normalized spacial score (nSPS) is 10.1. The Morgan fingerprint density at radius 3 is 2.73 bits per heavy atom. The third-order valence-corrected chi connectivity index (χ3v) is 3.70. The quantitative estimate of drug-likeness (QED) is 0.824. The van der Waals surface area contributed by atoms with Crippen LogP contribution in [0.25, 0.3) is 0 Å². The van der Waals surface area contributed by atoms with Crippen molar-refractivity contribution in [1.29, 1.82) is 0 Å². The van der Waals surface area contributed by atoms with Crippen LogP contribution in [0.3, 0.4) is 0 Å². The van der Waals surface area contributed by atoms with Crippen LogP contribution < -0.4 is 10.1 Å². The van der Waals surface area contributed by atoms with Gasteiger partial charge in [0.25, 0.3) is 0 Å². The first kappa shape index (κ1) is 16.0. The molecular weight excluding hydrogens is 304 g/mol. The van der Waals surface area contributed by atoms with Crippen molar-refractivity contribution in [2.75, 3.05) is 19.5 Å². The van der Waals surface area contributed by atoms with Gasteiger partial charge in [-0.3, -0.25) is 9.59 Å². The summed E-state index contributed by atoms with van der Waals surface area (Å²) in [5.74, 6) is 0.115. The maximum Gasteiger partial charge on any atom is 0.311 e. The molecule has 0 aliphatic rings. The molecule has 1 aromatic heterocycles. The number of carbonyl (C=O) groups is 2. The standard InChI is InChI=1S/C15H16N2O4S/c1-20-12-6-4-3-5-10(12)7-13(18)17-15-16-11(9-22-15)8-14(19)21-2/h3-6,9H,7-8H2,1-2H3,(H,16,17,18). The highest BCUT2D eigenvalue weighted by atomic mass is 32.1. The minimum Gasteiger partial charge on any atom is -0.496 e. The number of methoxy groups -OCH3 is 2. The summed E-state index contributed by atoms with van der Waals surface area (Å²) >= 11 is 1.27. The number of benzene rings is 1. The fourth-order valence-corrected chi connectivity index (χ4v) is 2.58. The molecule has 2 aromatic rings. The summed E-state index contributed by atoms with van der Waals surface area (Å²) in [6, 6.07) is 7.34. The van der Waals surface area contributed by atoms with E-state index in [9.17, 15) is 9.59 Å². The Balaban J connectivity index is 1.96. The minimum absolute atomic E-state index is 0.0926. The number of ether oxygens (including phenoxy) is 2. The van der Waals surface area contributed by atoms with Gasteiger partial charge in [-0.25, -0.2) is 4.98 Å². The molecule has 0 spiro atoms. The molecule has 2 rings (SSSR count). The molecule has 6 nitrogen and oxygen atoms in total. The fraction of sp³-hybridized carbons (Fsp3) is 0.267. The Bertz CT molecular complexity index is 669. The van der Waals surface area contributed by atoms with Crippen molar-refractivity contribution in [2.24, 2.45) is 0 Å². The predicted octanol–water partition coefficient (Wildman–Crippen LogP) is 2.05. The summed E-state index contributed by atoms with van der Waals surface area (Å²) in [7, 11) is 2.89. The van der Waals surface area contributed by atoms with Crippen LogP contribution in [0.5, 0.6) is 5.75 Å². The van der Waals surface area contributed by atoms with Gasteiger partial charge >= 0.3 is 5.97 Å². The maximum atomic E-state index is 12.0. The Kier molecular flexibility index (Phi) is 5.48. The number of aromatic nitrogens is 1. The molecule has 0 aliphatic carbocycles. The predicted molar refractivity (Wildman–Crippen MR) is 83.2 cm³/mol. The van der Waals surface area contributed by atoms with Gasteiger partial charge < -0.3 is 14.8 Å². The molecule has 0 saturated heterocycles. The highest BCUT2D eigenvalue weighted by molar-refractivity contribution is 7.13. The van der Waals surface area contributed by atoms with E-state index in [-0.39, 0.29) is 24.7 Å². The van der Waals surface area contributed by atoms with Gasteiger partial charge in [0, 0.05) is 10.9 Å². The number of nitrogens with one attached hydrogen (secondary N) is 1. The van der Waals surface area contributed by atoms with Crippen molar-refractivity contribution < 1.29 is 19.1 Å². The number of amides is 1. The molecule has 0 atom stereocenters. The van der Waals surface area contributed by atoms with Gasteiger partial charge in [-0.2, -0.15) is 0 Å². The maximum absolute atomic E-state index is 12.0. The van der Waals surface area contributed by atoms with E-state index in [1.165, 1.54) is 18.4 Å². The first-order valence-electron chi connectivity index (χ1n) is 6.55. The van der Waals surface area contributed by atoms with E-state index in [2.05, 4.69) is 15.0 Å².